The van der Waals surface area contributed by atoms with E-state index in [0.29, 0.717) is 0 Å². The smallest absolute Gasteiger partial charge is 0.123 e. The molecule has 0 aliphatic carbocycles. The molecule has 3 heteroatoms. The molecule has 1 atom stereocenters. The zero-order valence-corrected chi connectivity index (χ0v) is 12.5. The predicted molar refractivity (Wildman–Crippen MR) is 83.9 cm³/mol. The zero-order valence-electron chi connectivity index (χ0n) is 10.9. The van der Waals surface area contributed by atoms with E-state index in [1.807, 2.05) is 6.07 Å². The van der Waals surface area contributed by atoms with Gasteiger partial charge in [-0.25, -0.2) is 0 Å². The molecule has 1 aliphatic heterocycles. The highest BCUT2D eigenvalue weighted by atomic mass is 79.9. The SMILES string of the molecule is Brc1cccc2c3c([nH]c12)C(c1ccccc1)OCC3. The van der Waals surface area contributed by atoms with Gasteiger partial charge in [0, 0.05) is 9.86 Å². The summed E-state index contributed by atoms with van der Waals surface area (Å²) in [5.74, 6) is 0. The summed E-state index contributed by atoms with van der Waals surface area (Å²) in [4.78, 5) is 3.56. The average Bonchev–Trinajstić information content (AvgIpc) is 2.88. The molecule has 20 heavy (non-hydrogen) atoms. The zero-order chi connectivity index (χ0) is 13.5. The topological polar surface area (TPSA) is 25.0 Å². The lowest BCUT2D eigenvalue weighted by molar-refractivity contribution is 0.0677. The van der Waals surface area contributed by atoms with Crippen molar-refractivity contribution in [3.63, 3.8) is 0 Å². The monoisotopic (exact) mass is 327 g/mol. The number of halogens is 1. The quantitative estimate of drug-likeness (QED) is 0.694. The van der Waals surface area contributed by atoms with Crippen LogP contribution in [0.25, 0.3) is 10.9 Å². The molecule has 0 fully saturated rings. The largest absolute Gasteiger partial charge is 0.367 e. The average molecular weight is 328 g/mol. The number of hydrogen-bond donors (Lipinski definition) is 1. The van der Waals surface area contributed by atoms with Crippen LogP contribution in [-0.4, -0.2) is 11.6 Å². The van der Waals surface area contributed by atoms with Crippen LogP contribution in [0.15, 0.2) is 53.0 Å². The first kappa shape index (κ1) is 12.2. The lowest BCUT2D eigenvalue weighted by Gasteiger charge is -2.23. The number of rotatable bonds is 1. The van der Waals surface area contributed by atoms with Crippen molar-refractivity contribution in [2.24, 2.45) is 0 Å². The fourth-order valence-corrected chi connectivity index (χ4v) is 3.47. The molecule has 100 valence electrons. The van der Waals surface area contributed by atoms with Crippen LogP contribution in [0.1, 0.15) is 22.9 Å². The van der Waals surface area contributed by atoms with Gasteiger partial charge < -0.3 is 9.72 Å². The molecule has 2 heterocycles. The van der Waals surface area contributed by atoms with E-state index in [9.17, 15) is 0 Å². The molecule has 1 N–H and O–H groups in total. The van der Waals surface area contributed by atoms with E-state index in [0.717, 1.165) is 17.5 Å². The summed E-state index contributed by atoms with van der Waals surface area (Å²) >= 11 is 3.63. The van der Waals surface area contributed by atoms with Gasteiger partial charge in [0.05, 0.1) is 17.8 Å². The van der Waals surface area contributed by atoms with E-state index in [4.69, 9.17) is 4.74 Å². The normalized spacial score (nSPS) is 18.1. The minimum atomic E-state index is 0.0132. The number of aromatic amines is 1. The van der Waals surface area contributed by atoms with Crippen molar-refractivity contribution in [1.29, 1.82) is 0 Å². The molecule has 3 aromatic rings. The number of H-pyrrole nitrogens is 1. The van der Waals surface area contributed by atoms with E-state index in [-0.39, 0.29) is 6.10 Å². The minimum absolute atomic E-state index is 0.0132. The van der Waals surface area contributed by atoms with Gasteiger partial charge in [-0.05, 0) is 39.5 Å². The molecule has 2 nitrogen and oxygen atoms in total. The molecule has 0 spiro atoms. The molecule has 1 unspecified atom stereocenters. The van der Waals surface area contributed by atoms with Crippen LogP contribution in [0.3, 0.4) is 0 Å². The highest BCUT2D eigenvalue weighted by Crippen LogP contribution is 2.38. The van der Waals surface area contributed by atoms with E-state index < -0.39 is 0 Å². The summed E-state index contributed by atoms with van der Waals surface area (Å²) in [5.41, 5.74) is 4.96. The van der Waals surface area contributed by atoms with Gasteiger partial charge in [-0.2, -0.15) is 0 Å². The summed E-state index contributed by atoms with van der Waals surface area (Å²) in [6.07, 6.45) is 0.981. The fraction of sp³-hybridized carbons (Fsp3) is 0.176. The molecule has 0 saturated heterocycles. The Morgan fingerprint density at radius 1 is 1.05 bits per heavy atom. The van der Waals surface area contributed by atoms with Crippen LogP contribution in [0.2, 0.25) is 0 Å². The molecule has 2 aromatic carbocycles. The summed E-state index contributed by atoms with van der Waals surface area (Å²) < 4.78 is 7.12. The number of para-hydroxylation sites is 1. The van der Waals surface area contributed by atoms with Crippen molar-refractivity contribution < 1.29 is 4.74 Å². The Kier molecular flexibility index (Phi) is 2.90. The highest BCUT2D eigenvalue weighted by molar-refractivity contribution is 9.10. The molecular formula is C17H14BrNO. The highest BCUT2D eigenvalue weighted by Gasteiger charge is 2.26. The van der Waals surface area contributed by atoms with Gasteiger partial charge in [-0.15, -0.1) is 0 Å². The van der Waals surface area contributed by atoms with Gasteiger partial charge in [-0.1, -0.05) is 42.5 Å². The molecular weight excluding hydrogens is 314 g/mol. The van der Waals surface area contributed by atoms with E-state index in [1.165, 1.54) is 27.7 Å². The maximum atomic E-state index is 6.01. The number of nitrogens with one attached hydrogen (secondary N) is 1. The standard InChI is InChI=1S/C17H14BrNO/c18-14-8-4-7-12-13-9-10-20-17(16(13)19-15(12)14)11-5-2-1-3-6-11/h1-8,17,19H,9-10H2. The van der Waals surface area contributed by atoms with Crippen molar-refractivity contribution >= 4 is 26.8 Å². The first-order valence-corrected chi connectivity index (χ1v) is 7.59. The van der Waals surface area contributed by atoms with Crippen LogP contribution in [0, 0.1) is 0 Å². The predicted octanol–water partition coefficient (Wildman–Crippen LogP) is 4.59. The van der Waals surface area contributed by atoms with Crippen molar-refractivity contribution in [2.75, 3.05) is 6.61 Å². The molecule has 0 radical (unpaired) electrons. The van der Waals surface area contributed by atoms with Crippen LogP contribution in [0.5, 0.6) is 0 Å². The summed E-state index contributed by atoms with van der Waals surface area (Å²) in [5, 5.41) is 1.30. The lowest BCUT2D eigenvalue weighted by atomic mass is 9.98. The van der Waals surface area contributed by atoms with E-state index >= 15 is 0 Å². The van der Waals surface area contributed by atoms with Crippen molar-refractivity contribution in [2.45, 2.75) is 12.5 Å². The fourth-order valence-electron chi connectivity index (χ4n) is 3.00. The van der Waals surface area contributed by atoms with Crippen LogP contribution >= 0.6 is 15.9 Å². The lowest BCUT2D eigenvalue weighted by Crippen LogP contribution is -2.16. The third-order valence-corrected chi connectivity index (χ3v) is 4.59. The number of aromatic nitrogens is 1. The van der Waals surface area contributed by atoms with Gasteiger partial charge in [0.25, 0.3) is 0 Å². The molecule has 1 aromatic heterocycles. The van der Waals surface area contributed by atoms with E-state index in [2.05, 4.69) is 63.4 Å². The second-order valence-corrected chi connectivity index (χ2v) is 5.95. The second-order valence-electron chi connectivity index (χ2n) is 5.09. The van der Waals surface area contributed by atoms with Gasteiger partial charge in [0.1, 0.15) is 6.10 Å². The van der Waals surface area contributed by atoms with Crippen molar-refractivity contribution in [3.05, 3.63) is 69.8 Å². The molecule has 0 amide bonds. The third kappa shape index (κ3) is 1.81. The molecule has 1 aliphatic rings. The Morgan fingerprint density at radius 2 is 1.90 bits per heavy atom. The van der Waals surface area contributed by atoms with Crippen LogP contribution in [0.4, 0.5) is 0 Å². The number of ether oxygens (including phenoxy) is 1. The Balaban J connectivity index is 1.94. The Bertz CT molecular complexity index is 763. The Labute approximate surface area is 125 Å². The van der Waals surface area contributed by atoms with Crippen LogP contribution in [-0.2, 0) is 11.2 Å². The van der Waals surface area contributed by atoms with Gasteiger partial charge >= 0.3 is 0 Å². The Hall–Kier alpha value is -1.58. The number of fused-ring (bicyclic) bond motifs is 3. The molecule has 4 rings (SSSR count). The molecule has 0 saturated carbocycles. The Morgan fingerprint density at radius 3 is 2.75 bits per heavy atom. The van der Waals surface area contributed by atoms with E-state index in [1.54, 1.807) is 0 Å². The van der Waals surface area contributed by atoms with Gasteiger partial charge in [0.15, 0.2) is 0 Å². The maximum Gasteiger partial charge on any atom is 0.123 e. The first-order chi connectivity index (χ1) is 9.84. The third-order valence-electron chi connectivity index (χ3n) is 3.92. The van der Waals surface area contributed by atoms with Crippen molar-refractivity contribution in [3.8, 4) is 0 Å². The minimum Gasteiger partial charge on any atom is -0.367 e. The number of benzene rings is 2. The first-order valence-electron chi connectivity index (χ1n) is 6.80. The summed E-state index contributed by atoms with van der Waals surface area (Å²) in [7, 11) is 0. The second kappa shape index (κ2) is 4.76. The van der Waals surface area contributed by atoms with Gasteiger partial charge in [0.2, 0.25) is 0 Å². The van der Waals surface area contributed by atoms with Crippen molar-refractivity contribution in [1.82, 2.24) is 4.98 Å². The van der Waals surface area contributed by atoms with Gasteiger partial charge in [-0.3, -0.25) is 0 Å². The summed E-state index contributed by atoms with van der Waals surface area (Å²) in [6, 6.07) is 16.8. The summed E-state index contributed by atoms with van der Waals surface area (Å²) in [6.45, 7) is 0.770. The van der Waals surface area contributed by atoms with Crippen LogP contribution < -0.4 is 0 Å². The number of hydrogen-bond acceptors (Lipinski definition) is 1. The molecule has 0 bridgehead atoms. The maximum absolute atomic E-state index is 6.01.